The maximum Gasteiger partial charge on any atom is 0.234 e. The van der Waals surface area contributed by atoms with Crippen LogP contribution in [0.4, 0.5) is 11.4 Å². The topological polar surface area (TPSA) is 92.3 Å². The summed E-state index contributed by atoms with van der Waals surface area (Å²) in [6, 6.07) is 13.9. The molecule has 30 heavy (non-hydrogen) atoms. The van der Waals surface area contributed by atoms with E-state index in [4.69, 9.17) is 0 Å². The summed E-state index contributed by atoms with van der Waals surface area (Å²) >= 11 is 1.20. The Balaban J connectivity index is 1.48. The first-order valence-corrected chi connectivity index (χ1v) is 12.6. The molecule has 1 fully saturated rings. The molecule has 2 amide bonds. The third-order valence-corrected chi connectivity index (χ3v) is 8.15. The van der Waals surface area contributed by atoms with Gasteiger partial charge in [0, 0.05) is 11.4 Å². The highest BCUT2D eigenvalue weighted by atomic mass is 32.2. The zero-order valence-electron chi connectivity index (χ0n) is 16.9. The Morgan fingerprint density at radius 3 is 2.10 bits per heavy atom. The second kappa shape index (κ2) is 10.1. The van der Waals surface area contributed by atoms with Crippen LogP contribution in [0.5, 0.6) is 0 Å². The third kappa shape index (κ3) is 6.09. The van der Waals surface area contributed by atoms with E-state index in [1.807, 2.05) is 31.2 Å². The van der Waals surface area contributed by atoms with Gasteiger partial charge in [0.1, 0.15) is 0 Å². The predicted octanol–water partition coefficient (Wildman–Crippen LogP) is 4.02. The second-order valence-electron chi connectivity index (χ2n) is 7.44. The molecule has 6 nitrogen and oxygen atoms in total. The molecule has 8 heteroatoms. The lowest BCUT2D eigenvalue weighted by atomic mass is 10.2. The number of rotatable bonds is 8. The van der Waals surface area contributed by atoms with Crippen molar-refractivity contribution in [3.05, 3.63) is 54.1 Å². The smallest absolute Gasteiger partial charge is 0.234 e. The van der Waals surface area contributed by atoms with Crippen molar-refractivity contribution < 1.29 is 18.0 Å². The lowest BCUT2D eigenvalue weighted by Gasteiger charge is -2.12. The molecule has 0 atom stereocenters. The quantitative estimate of drug-likeness (QED) is 0.639. The van der Waals surface area contributed by atoms with Crippen LogP contribution in [0.1, 0.15) is 31.2 Å². The largest absolute Gasteiger partial charge is 0.325 e. The van der Waals surface area contributed by atoms with Crippen molar-refractivity contribution in [3.63, 3.8) is 0 Å². The Kier molecular flexibility index (Phi) is 7.55. The molecule has 0 aliphatic heterocycles. The minimum atomic E-state index is -3.37. The minimum absolute atomic E-state index is 0.0981. The van der Waals surface area contributed by atoms with E-state index < -0.39 is 9.84 Å². The lowest BCUT2D eigenvalue weighted by molar-refractivity contribution is -0.114. The number of sulfone groups is 1. The van der Waals surface area contributed by atoms with Crippen molar-refractivity contribution in [2.75, 3.05) is 22.1 Å². The van der Waals surface area contributed by atoms with Crippen LogP contribution in [0.3, 0.4) is 0 Å². The van der Waals surface area contributed by atoms with Gasteiger partial charge in [-0.2, -0.15) is 0 Å². The molecule has 2 aromatic rings. The number of aryl methyl sites for hydroxylation is 1. The van der Waals surface area contributed by atoms with Gasteiger partial charge >= 0.3 is 0 Å². The van der Waals surface area contributed by atoms with Gasteiger partial charge in [-0.3, -0.25) is 9.59 Å². The van der Waals surface area contributed by atoms with Gasteiger partial charge in [0.2, 0.25) is 11.8 Å². The van der Waals surface area contributed by atoms with Crippen LogP contribution in [-0.2, 0) is 19.4 Å². The van der Waals surface area contributed by atoms with Crippen molar-refractivity contribution in [1.29, 1.82) is 0 Å². The van der Waals surface area contributed by atoms with Crippen LogP contribution < -0.4 is 10.6 Å². The van der Waals surface area contributed by atoms with Crippen LogP contribution >= 0.6 is 11.8 Å². The summed E-state index contributed by atoms with van der Waals surface area (Å²) in [4.78, 5) is 24.5. The predicted molar refractivity (Wildman–Crippen MR) is 122 cm³/mol. The monoisotopic (exact) mass is 446 g/mol. The standard InChI is InChI=1S/C22H26N2O4S2/c1-16-6-4-7-17(12-16)23-21(25)14-29-15-22(26)24-18-8-5-11-20(13-18)30(27,28)19-9-2-3-10-19/h4-8,11-13,19H,2-3,9-10,14-15H2,1H3,(H,23,25)(H,24,26). The van der Waals surface area contributed by atoms with Crippen molar-refractivity contribution >= 4 is 44.8 Å². The summed E-state index contributed by atoms with van der Waals surface area (Å²) in [6.45, 7) is 1.95. The van der Waals surface area contributed by atoms with E-state index in [1.165, 1.54) is 17.8 Å². The number of anilines is 2. The molecule has 160 valence electrons. The SMILES string of the molecule is Cc1cccc(NC(=O)CSCC(=O)Nc2cccc(S(=O)(=O)C3CCCC3)c2)c1. The third-order valence-electron chi connectivity index (χ3n) is 4.96. The Labute approximate surface area is 181 Å². The highest BCUT2D eigenvalue weighted by Gasteiger charge is 2.30. The summed E-state index contributed by atoms with van der Waals surface area (Å²) in [5, 5.41) is 5.19. The number of benzene rings is 2. The Morgan fingerprint density at radius 2 is 1.50 bits per heavy atom. The summed E-state index contributed by atoms with van der Waals surface area (Å²) in [5.41, 5.74) is 2.23. The number of nitrogens with one attached hydrogen (secondary N) is 2. The van der Waals surface area contributed by atoms with Crippen LogP contribution in [0.15, 0.2) is 53.4 Å². The fourth-order valence-electron chi connectivity index (χ4n) is 3.50. The number of hydrogen-bond donors (Lipinski definition) is 2. The van der Waals surface area contributed by atoms with Crippen molar-refractivity contribution in [2.24, 2.45) is 0 Å². The fraction of sp³-hybridized carbons (Fsp3) is 0.364. The first-order valence-electron chi connectivity index (χ1n) is 9.93. The molecule has 0 radical (unpaired) electrons. The lowest BCUT2D eigenvalue weighted by Crippen LogP contribution is -2.20. The molecule has 1 aliphatic rings. The zero-order valence-corrected chi connectivity index (χ0v) is 18.5. The van der Waals surface area contributed by atoms with E-state index in [0.29, 0.717) is 18.5 Å². The Hall–Kier alpha value is -2.32. The minimum Gasteiger partial charge on any atom is -0.325 e. The molecule has 0 saturated heterocycles. The van der Waals surface area contributed by atoms with Gasteiger partial charge < -0.3 is 10.6 Å². The molecule has 0 spiro atoms. The van der Waals surface area contributed by atoms with Gasteiger partial charge in [-0.25, -0.2) is 8.42 Å². The average Bonchev–Trinajstić information content (AvgIpc) is 3.24. The van der Waals surface area contributed by atoms with E-state index in [-0.39, 0.29) is 33.5 Å². The molecule has 0 unspecified atom stereocenters. The Bertz CT molecular complexity index is 1020. The molecule has 1 aliphatic carbocycles. The van der Waals surface area contributed by atoms with Gasteiger partial charge in [-0.05, 0) is 55.7 Å². The van der Waals surface area contributed by atoms with Gasteiger partial charge in [-0.1, -0.05) is 31.0 Å². The number of amides is 2. The summed E-state index contributed by atoms with van der Waals surface area (Å²) in [5.74, 6) is -0.208. The maximum atomic E-state index is 12.7. The summed E-state index contributed by atoms with van der Waals surface area (Å²) < 4.78 is 25.5. The van der Waals surface area contributed by atoms with E-state index in [0.717, 1.165) is 24.1 Å². The highest BCUT2D eigenvalue weighted by Crippen LogP contribution is 2.30. The molecule has 0 heterocycles. The van der Waals surface area contributed by atoms with Crippen LogP contribution in [0.2, 0.25) is 0 Å². The van der Waals surface area contributed by atoms with Crippen LogP contribution in [0, 0.1) is 6.92 Å². The molecular weight excluding hydrogens is 420 g/mol. The molecule has 2 aromatic carbocycles. The normalized spacial score (nSPS) is 14.4. The zero-order chi connectivity index (χ0) is 21.6. The first-order chi connectivity index (χ1) is 14.3. The van der Waals surface area contributed by atoms with Gasteiger partial charge in [0.05, 0.1) is 21.7 Å². The molecular formula is C22H26N2O4S2. The number of hydrogen-bond acceptors (Lipinski definition) is 5. The first kappa shape index (κ1) is 22.4. The summed E-state index contributed by atoms with van der Waals surface area (Å²) in [7, 11) is -3.37. The van der Waals surface area contributed by atoms with Crippen molar-refractivity contribution in [2.45, 2.75) is 42.8 Å². The fourth-order valence-corrected chi connectivity index (χ4v) is 6.01. The average molecular weight is 447 g/mol. The second-order valence-corrected chi connectivity index (χ2v) is 10.7. The van der Waals surface area contributed by atoms with Crippen molar-refractivity contribution in [1.82, 2.24) is 0 Å². The molecule has 0 aromatic heterocycles. The maximum absolute atomic E-state index is 12.7. The number of thioether (sulfide) groups is 1. The van der Waals surface area contributed by atoms with Gasteiger partial charge in [0.15, 0.2) is 9.84 Å². The molecule has 3 rings (SSSR count). The van der Waals surface area contributed by atoms with E-state index in [2.05, 4.69) is 10.6 Å². The van der Waals surface area contributed by atoms with Crippen LogP contribution in [-0.4, -0.2) is 37.0 Å². The van der Waals surface area contributed by atoms with E-state index in [9.17, 15) is 18.0 Å². The summed E-state index contributed by atoms with van der Waals surface area (Å²) in [6.07, 6.45) is 3.27. The Morgan fingerprint density at radius 1 is 0.933 bits per heavy atom. The highest BCUT2D eigenvalue weighted by molar-refractivity contribution is 8.00. The van der Waals surface area contributed by atoms with Gasteiger partial charge in [-0.15, -0.1) is 11.8 Å². The van der Waals surface area contributed by atoms with E-state index >= 15 is 0 Å². The van der Waals surface area contributed by atoms with Gasteiger partial charge in [0.25, 0.3) is 0 Å². The number of carbonyl (C=O) groups is 2. The van der Waals surface area contributed by atoms with Crippen LogP contribution in [0.25, 0.3) is 0 Å². The van der Waals surface area contributed by atoms with Crippen molar-refractivity contribution in [3.8, 4) is 0 Å². The number of carbonyl (C=O) groups excluding carboxylic acids is 2. The molecule has 1 saturated carbocycles. The molecule has 0 bridgehead atoms. The molecule has 2 N–H and O–H groups in total. The van der Waals surface area contributed by atoms with E-state index in [1.54, 1.807) is 18.2 Å².